The third-order valence-corrected chi connectivity index (χ3v) is 4.38. The molecule has 0 radical (unpaired) electrons. The highest BCUT2D eigenvalue weighted by Crippen LogP contribution is 2.10. The molecule has 1 aromatic rings. The van der Waals surface area contributed by atoms with E-state index < -0.39 is 0 Å². The quantitative estimate of drug-likeness (QED) is 0.903. The molecule has 0 saturated carbocycles. The lowest BCUT2D eigenvalue weighted by Crippen LogP contribution is -2.36. The van der Waals surface area contributed by atoms with E-state index >= 15 is 0 Å². The fraction of sp³-hybridized carbons (Fsp3) is 0.611. The molecule has 3 nitrogen and oxygen atoms in total. The molecule has 1 aliphatic heterocycles. The molecule has 0 aliphatic carbocycles. The minimum atomic E-state index is 0.132. The Morgan fingerprint density at radius 3 is 2.48 bits per heavy atom. The maximum Gasteiger partial charge on any atom is 0.224 e. The van der Waals surface area contributed by atoms with Crippen LogP contribution in [0.2, 0.25) is 0 Å². The van der Waals surface area contributed by atoms with Gasteiger partial charge in [0.1, 0.15) is 0 Å². The Kier molecular flexibility index (Phi) is 6.24. The van der Waals surface area contributed by atoms with Crippen molar-refractivity contribution in [1.82, 2.24) is 10.2 Å². The number of hydrogen-bond donors (Lipinski definition) is 1. The highest BCUT2D eigenvalue weighted by Gasteiger charge is 2.09. The molecule has 0 unspecified atom stereocenters. The molecule has 1 aromatic carbocycles. The Balaban J connectivity index is 1.70. The highest BCUT2D eigenvalue weighted by molar-refractivity contribution is 5.78. The molecule has 0 atom stereocenters. The van der Waals surface area contributed by atoms with Gasteiger partial charge in [-0.05, 0) is 56.5 Å². The second kappa shape index (κ2) is 8.18. The van der Waals surface area contributed by atoms with Crippen LogP contribution in [0, 0.1) is 13.8 Å². The summed E-state index contributed by atoms with van der Waals surface area (Å²) in [6, 6.07) is 6.26. The zero-order valence-electron chi connectivity index (χ0n) is 13.5. The van der Waals surface area contributed by atoms with Gasteiger partial charge in [0.15, 0.2) is 0 Å². The number of carbonyl (C=O) groups excluding carboxylic acids is 1. The van der Waals surface area contributed by atoms with E-state index in [9.17, 15) is 4.79 Å². The predicted octanol–water partition coefficient (Wildman–Crippen LogP) is 2.84. The lowest BCUT2D eigenvalue weighted by Gasteiger charge is -2.19. The Hall–Kier alpha value is -1.35. The van der Waals surface area contributed by atoms with Gasteiger partial charge < -0.3 is 10.2 Å². The first-order valence-electron chi connectivity index (χ1n) is 8.20. The van der Waals surface area contributed by atoms with Crippen LogP contribution < -0.4 is 5.32 Å². The summed E-state index contributed by atoms with van der Waals surface area (Å²) in [5, 5.41) is 3.05. The average molecular weight is 288 g/mol. The molecule has 3 heteroatoms. The predicted molar refractivity (Wildman–Crippen MR) is 87.5 cm³/mol. The van der Waals surface area contributed by atoms with Gasteiger partial charge in [0.25, 0.3) is 0 Å². The SMILES string of the molecule is Cc1ccc(CC(=O)NCCN2CCCCCC2)cc1C. The molecule has 1 saturated heterocycles. The monoisotopic (exact) mass is 288 g/mol. The number of nitrogens with one attached hydrogen (secondary N) is 1. The van der Waals surface area contributed by atoms with E-state index in [0.717, 1.165) is 18.7 Å². The molecule has 1 heterocycles. The fourth-order valence-corrected chi connectivity index (χ4v) is 2.87. The van der Waals surface area contributed by atoms with Crippen LogP contribution in [-0.2, 0) is 11.2 Å². The summed E-state index contributed by atoms with van der Waals surface area (Å²) in [6.45, 7) is 8.32. The summed E-state index contributed by atoms with van der Waals surface area (Å²) < 4.78 is 0. The summed E-state index contributed by atoms with van der Waals surface area (Å²) in [4.78, 5) is 14.5. The van der Waals surface area contributed by atoms with E-state index in [4.69, 9.17) is 0 Å². The van der Waals surface area contributed by atoms with Gasteiger partial charge in [-0.1, -0.05) is 31.0 Å². The summed E-state index contributed by atoms with van der Waals surface area (Å²) in [6.07, 6.45) is 5.81. The minimum absolute atomic E-state index is 0.132. The van der Waals surface area contributed by atoms with Crippen molar-refractivity contribution in [3.63, 3.8) is 0 Å². The lowest BCUT2D eigenvalue weighted by atomic mass is 10.0. The summed E-state index contributed by atoms with van der Waals surface area (Å²) in [5.41, 5.74) is 3.63. The molecule has 0 aromatic heterocycles. The topological polar surface area (TPSA) is 32.3 Å². The molecular weight excluding hydrogens is 260 g/mol. The van der Waals surface area contributed by atoms with Crippen LogP contribution >= 0.6 is 0 Å². The first-order valence-corrected chi connectivity index (χ1v) is 8.20. The van der Waals surface area contributed by atoms with Crippen LogP contribution in [0.4, 0.5) is 0 Å². The van der Waals surface area contributed by atoms with Gasteiger partial charge in [0.05, 0.1) is 6.42 Å². The lowest BCUT2D eigenvalue weighted by molar-refractivity contribution is -0.120. The first-order chi connectivity index (χ1) is 10.1. The van der Waals surface area contributed by atoms with E-state index in [0.29, 0.717) is 6.42 Å². The van der Waals surface area contributed by atoms with Gasteiger partial charge in [0.2, 0.25) is 5.91 Å². The van der Waals surface area contributed by atoms with Crippen molar-refractivity contribution in [3.8, 4) is 0 Å². The van der Waals surface area contributed by atoms with Crippen molar-refractivity contribution in [2.75, 3.05) is 26.2 Å². The van der Waals surface area contributed by atoms with E-state index in [1.165, 1.54) is 49.9 Å². The molecule has 2 rings (SSSR count). The Labute approximate surface area is 128 Å². The number of carbonyl (C=O) groups is 1. The summed E-state index contributed by atoms with van der Waals surface area (Å²) >= 11 is 0. The highest BCUT2D eigenvalue weighted by atomic mass is 16.1. The van der Waals surface area contributed by atoms with Crippen LogP contribution in [0.25, 0.3) is 0 Å². The van der Waals surface area contributed by atoms with E-state index in [2.05, 4.69) is 42.3 Å². The van der Waals surface area contributed by atoms with Crippen molar-refractivity contribution in [2.24, 2.45) is 0 Å². The van der Waals surface area contributed by atoms with Gasteiger partial charge in [-0.2, -0.15) is 0 Å². The van der Waals surface area contributed by atoms with Gasteiger partial charge in [-0.3, -0.25) is 4.79 Å². The fourth-order valence-electron chi connectivity index (χ4n) is 2.87. The van der Waals surface area contributed by atoms with Crippen molar-refractivity contribution < 1.29 is 4.79 Å². The van der Waals surface area contributed by atoms with Crippen LogP contribution in [-0.4, -0.2) is 37.0 Å². The number of rotatable bonds is 5. The number of likely N-dealkylation sites (tertiary alicyclic amines) is 1. The smallest absolute Gasteiger partial charge is 0.224 e. The number of hydrogen-bond acceptors (Lipinski definition) is 2. The molecule has 1 fully saturated rings. The van der Waals surface area contributed by atoms with Gasteiger partial charge in [-0.25, -0.2) is 0 Å². The van der Waals surface area contributed by atoms with Crippen molar-refractivity contribution >= 4 is 5.91 Å². The molecule has 0 spiro atoms. The van der Waals surface area contributed by atoms with E-state index in [1.54, 1.807) is 0 Å². The van der Waals surface area contributed by atoms with Crippen molar-refractivity contribution in [1.29, 1.82) is 0 Å². The summed E-state index contributed by atoms with van der Waals surface area (Å²) in [5.74, 6) is 0.132. The number of benzene rings is 1. The molecule has 1 N–H and O–H groups in total. The van der Waals surface area contributed by atoms with Crippen molar-refractivity contribution in [2.45, 2.75) is 46.0 Å². The Morgan fingerprint density at radius 1 is 1.10 bits per heavy atom. The number of aryl methyl sites for hydroxylation is 2. The number of amides is 1. The molecular formula is C18H28N2O. The zero-order valence-corrected chi connectivity index (χ0v) is 13.5. The van der Waals surface area contributed by atoms with Crippen LogP contribution in [0.15, 0.2) is 18.2 Å². The molecule has 116 valence electrons. The average Bonchev–Trinajstić information content (AvgIpc) is 2.72. The standard InChI is InChI=1S/C18H28N2O/c1-15-7-8-17(13-16(15)2)14-18(21)19-9-12-20-10-5-3-4-6-11-20/h7-8,13H,3-6,9-12,14H2,1-2H3,(H,19,21). The molecule has 0 bridgehead atoms. The van der Waals surface area contributed by atoms with Gasteiger partial charge in [0, 0.05) is 13.1 Å². The maximum atomic E-state index is 12.0. The van der Waals surface area contributed by atoms with Gasteiger partial charge >= 0.3 is 0 Å². The van der Waals surface area contributed by atoms with Crippen LogP contribution in [0.1, 0.15) is 42.4 Å². The first kappa shape index (κ1) is 16.0. The Bertz CT molecular complexity index is 462. The second-order valence-electron chi connectivity index (χ2n) is 6.20. The molecule has 1 aliphatic rings. The minimum Gasteiger partial charge on any atom is -0.355 e. The van der Waals surface area contributed by atoms with Crippen LogP contribution in [0.3, 0.4) is 0 Å². The van der Waals surface area contributed by atoms with Crippen LogP contribution in [0.5, 0.6) is 0 Å². The Morgan fingerprint density at radius 2 is 1.81 bits per heavy atom. The van der Waals surface area contributed by atoms with E-state index in [-0.39, 0.29) is 5.91 Å². The molecule has 1 amide bonds. The largest absolute Gasteiger partial charge is 0.355 e. The molecule has 21 heavy (non-hydrogen) atoms. The second-order valence-corrected chi connectivity index (χ2v) is 6.20. The van der Waals surface area contributed by atoms with Gasteiger partial charge in [-0.15, -0.1) is 0 Å². The zero-order chi connectivity index (χ0) is 15.1. The maximum absolute atomic E-state index is 12.0. The summed E-state index contributed by atoms with van der Waals surface area (Å²) in [7, 11) is 0. The van der Waals surface area contributed by atoms with Crippen molar-refractivity contribution in [3.05, 3.63) is 34.9 Å². The third-order valence-electron chi connectivity index (χ3n) is 4.38. The number of nitrogens with zero attached hydrogens (tertiary/aromatic N) is 1. The third kappa shape index (κ3) is 5.50. The van der Waals surface area contributed by atoms with E-state index in [1.807, 2.05) is 0 Å². The normalized spacial score (nSPS) is 16.5.